The van der Waals surface area contributed by atoms with Gasteiger partial charge in [-0.3, -0.25) is 18.9 Å². The molecule has 1 saturated carbocycles. The van der Waals surface area contributed by atoms with Crippen LogP contribution < -0.4 is 10.6 Å². The van der Waals surface area contributed by atoms with E-state index in [4.69, 9.17) is 4.42 Å². The predicted molar refractivity (Wildman–Crippen MR) is 133 cm³/mol. The Hall–Kier alpha value is -3.61. The Morgan fingerprint density at radius 1 is 1.22 bits per heavy atom. The number of rotatable bonds is 10. The van der Waals surface area contributed by atoms with Gasteiger partial charge in [0, 0.05) is 24.5 Å². The first-order valence-electron chi connectivity index (χ1n) is 11.5. The number of benzene rings is 2. The normalized spacial score (nSPS) is 14.0. The fourth-order valence-electron chi connectivity index (χ4n) is 4.08. The fourth-order valence-corrected chi connectivity index (χ4v) is 4.56. The Morgan fingerprint density at radius 3 is 2.51 bits per heavy atom. The van der Waals surface area contributed by atoms with Gasteiger partial charge in [-0.15, -0.1) is 0 Å². The van der Waals surface area contributed by atoms with E-state index in [-0.39, 0.29) is 30.7 Å². The van der Waals surface area contributed by atoms with Gasteiger partial charge in [-0.05, 0) is 66.3 Å². The largest absolute Gasteiger partial charge is 0.468 e. The van der Waals surface area contributed by atoms with E-state index in [1.165, 1.54) is 38.4 Å². The Morgan fingerprint density at radius 2 is 1.92 bits per heavy atom. The highest BCUT2D eigenvalue weighted by Crippen LogP contribution is 2.45. The van der Waals surface area contributed by atoms with Gasteiger partial charge < -0.3 is 19.8 Å². The van der Waals surface area contributed by atoms with E-state index in [0.717, 1.165) is 22.7 Å². The van der Waals surface area contributed by atoms with Crippen LogP contribution in [0.2, 0.25) is 0 Å². The fraction of sp³-hybridized carbons (Fsp3) is 0.320. The third-order valence-corrected chi connectivity index (χ3v) is 6.77. The molecule has 0 aliphatic heterocycles. The molecule has 0 saturated heterocycles. The molecule has 3 aromatic rings. The van der Waals surface area contributed by atoms with E-state index in [1.807, 2.05) is 6.07 Å². The summed E-state index contributed by atoms with van der Waals surface area (Å²) >= 11 is -2.49. The number of hydrogen-bond donors (Lipinski definition) is 3. The summed E-state index contributed by atoms with van der Waals surface area (Å²) in [5.74, 6) is -1.59. The van der Waals surface area contributed by atoms with Crippen molar-refractivity contribution in [2.75, 3.05) is 27.2 Å². The second kappa shape index (κ2) is 11.2. The molecule has 1 atom stereocenters. The van der Waals surface area contributed by atoms with Crippen LogP contribution >= 0.6 is 0 Å². The minimum absolute atomic E-state index is 0.0571. The Labute approximate surface area is 214 Å². The van der Waals surface area contributed by atoms with Crippen LogP contribution in [-0.2, 0) is 32.1 Å². The lowest BCUT2D eigenvalue weighted by atomic mass is 9.97. The quantitative estimate of drug-likeness (QED) is 0.270. The molecule has 12 heteroatoms. The number of esters is 1. The molecular weight excluding hydrogens is 505 g/mol. The van der Waals surface area contributed by atoms with E-state index >= 15 is 0 Å². The molecule has 10 nitrogen and oxygen atoms in total. The molecule has 0 spiro atoms. The summed E-state index contributed by atoms with van der Waals surface area (Å²) in [4.78, 5) is 36.4. The van der Waals surface area contributed by atoms with Gasteiger partial charge in [0.25, 0.3) is 5.91 Å². The van der Waals surface area contributed by atoms with Gasteiger partial charge in [0.05, 0.1) is 19.2 Å². The third-order valence-electron chi connectivity index (χ3n) is 6.07. The zero-order chi connectivity index (χ0) is 26.7. The number of halogens is 1. The van der Waals surface area contributed by atoms with Crippen molar-refractivity contribution < 1.29 is 36.7 Å². The predicted octanol–water partition coefficient (Wildman–Crippen LogP) is 2.70. The van der Waals surface area contributed by atoms with Crippen LogP contribution in [0.5, 0.6) is 0 Å². The molecule has 3 N–H and O–H groups in total. The van der Waals surface area contributed by atoms with Crippen LogP contribution in [0.3, 0.4) is 0 Å². The lowest BCUT2D eigenvalue weighted by Crippen LogP contribution is -2.40. The first-order valence-corrected chi connectivity index (χ1v) is 12.5. The monoisotopic (exact) mass is 531 g/mol. The van der Waals surface area contributed by atoms with Crippen molar-refractivity contribution in [3.8, 4) is 11.3 Å². The highest BCUT2D eigenvalue weighted by Gasteiger charge is 2.31. The number of amides is 2. The smallest absolute Gasteiger partial charge is 0.325 e. The number of furan rings is 1. The number of hydrogen-bond acceptors (Lipinski definition) is 6. The van der Waals surface area contributed by atoms with Crippen molar-refractivity contribution in [2.45, 2.75) is 25.3 Å². The van der Waals surface area contributed by atoms with Crippen LogP contribution in [0.1, 0.15) is 40.2 Å². The average Bonchev–Trinajstić information content (AvgIpc) is 3.66. The van der Waals surface area contributed by atoms with Gasteiger partial charge in [0.1, 0.15) is 23.7 Å². The van der Waals surface area contributed by atoms with Crippen molar-refractivity contribution in [3.05, 3.63) is 58.9 Å². The molecule has 1 aliphatic rings. The number of ether oxygens (including phenoxy) is 1. The number of carbonyl (C=O) groups excluding carboxylic acids is 3. The molecule has 1 aliphatic carbocycles. The third kappa shape index (κ3) is 6.04. The lowest BCUT2D eigenvalue weighted by Gasteiger charge is -2.19. The standard InChI is InChI=1S/C25H26FN3O7S/c1-27-25(32)23-19-10-18(14-3-4-14)16(9-20(19)36-24(23)15-5-7-17(26)8-6-15)12-29(37(33)34)13-21(30)28-11-22(31)35-2/h5-10,14H,3-4,11-13H2,1-2H3,(H,27,32)(H,28,30)(H,33,34). The van der Waals surface area contributed by atoms with Gasteiger partial charge in [0.2, 0.25) is 17.2 Å². The molecule has 0 bridgehead atoms. The van der Waals surface area contributed by atoms with E-state index in [2.05, 4.69) is 15.4 Å². The van der Waals surface area contributed by atoms with E-state index in [9.17, 15) is 27.5 Å². The van der Waals surface area contributed by atoms with Gasteiger partial charge in [-0.1, -0.05) is 0 Å². The van der Waals surface area contributed by atoms with Crippen LogP contribution in [0.15, 0.2) is 40.8 Å². The van der Waals surface area contributed by atoms with Crippen molar-refractivity contribution in [1.29, 1.82) is 0 Å². The number of fused-ring (bicyclic) bond motifs is 1. The van der Waals surface area contributed by atoms with E-state index in [1.54, 1.807) is 6.07 Å². The van der Waals surface area contributed by atoms with Crippen molar-refractivity contribution in [1.82, 2.24) is 14.9 Å². The molecule has 2 amide bonds. The lowest BCUT2D eigenvalue weighted by molar-refractivity contribution is -0.141. The molecule has 0 radical (unpaired) electrons. The van der Waals surface area contributed by atoms with Crippen molar-refractivity contribution in [2.24, 2.45) is 0 Å². The zero-order valence-electron chi connectivity index (χ0n) is 20.2. The minimum Gasteiger partial charge on any atom is -0.468 e. The van der Waals surface area contributed by atoms with E-state index < -0.39 is 35.5 Å². The molecule has 1 aromatic heterocycles. The number of nitrogens with zero attached hydrogens (tertiary/aromatic N) is 1. The molecule has 37 heavy (non-hydrogen) atoms. The summed E-state index contributed by atoms with van der Waals surface area (Å²) in [5, 5.41) is 5.53. The molecule has 2 aromatic carbocycles. The number of methoxy groups -OCH3 is 1. The average molecular weight is 532 g/mol. The van der Waals surface area contributed by atoms with Gasteiger partial charge in [-0.25, -0.2) is 8.60 Å². The Balaban J connectivity index is 1.72. The molecule has 1 unspecified atom stereocenters. The molecule has 1 heterocycles. The summed E-state index contributed by atoms with van der Waals surface area (Å²) in [6.07, 6.45) is 1.83. The highest BCUT2D eigenvalue weighted by molar-refractivity contribution is 7.76. The maximum absolute atomic E-state index is 13.5. The van der Waals surface area contributed by atoms with Gasteiger partial charge in [0.15, 0.2) is 0 Å². The van der Waals surface area contributed by atoms with Crippen LogP contribution in [0.4, 0.5) is 4.39 Å². The van der Waals surface area contributed by atoms with Crippen LogP contribution in [-0.4, -0.2) is 58.1 Å². The first kappa shape index (κ1) is 26.5. The summed E-state index contributed by atoms with van der Waals surface area (Å²) in [6.45, 7) is -0.857. The maximum Gasteiger partial charge on any atom is 0.325 e. The second-order valence-corrected chi connectivity index (χ2v) is 9.57. The first-order chi connectivity index (χ1) is 17.7. The molecule has 1 fully saturated rings. The summed E-state index contributed by atoms with van der Waals surface area (Å²) in [5.41, 5.74) is 2.75. The van der Waals surface area contributed by atoms with Gasteiger partial charge in [-0.2, -0.15) is 4.31 Å². The number of nitrogens with one attached hydrogen (secondary N) is 2. The topological polar surface area (TPSA) is 138 Å². The molecule has 196 valence electrons. The summed E-state index contributed by atoms with van der Waals surface area (Å²) < 4.78 is 47.0. The van der Waals surface area contributed by atoms with Crippen molar-refractivity contribution in [3.63, 3.8) is 0 Å². The van der Waals surface area contributed by atoms with E-state index in [0.29, 0.717) is 27.7 Å². The second-order valence-electron chi connectivity index (χ2n) is 8.60. The Kier molecular flexibility index (Phi) is 8.00. The molecular formula is C25H26FN3O7S. The summed E-state index contributed by atoms with van der Waals surface area (Å²) in [7, 11) is 2.69. The summed E-state index contributed by atoms with van der Waals surface area (Å²) in [6, 6.07) is 9.14. The van der Waals surface area contributed by atoms with Crippen LogP contribution in [0, 0.1) is 5.82 Å². The zero-order valence-corrected chi connectivity index (χ0v) is 21.0. The maximum atomic E-state index is 13.5. The SMILES string of the molecule is CNC(=O)c1c(-c2ccc(F)cc2)oc2cc(CN(CC(=O)NCC(=O)OC)S(=O)O)c(C3CC3)cc12. The van der Waals surface area contributed by atoms with Crippen molar-refractivity contribution >= 4 is 40.0 Å². The van der Waals surface area contributed by atoms with Gasteiger partial charge >= 0.3 is 5.97 Å². The molecule has 4 rings (SSSR count). The Bertz CT molecular complexity index is 1370. The van der Waals surface area contributed by atoms with Crippen LogP contribution in [0.25, 0.3) is 22.3 Å². The minimum atomic E-state index is -2.49. The number of carbonyl (C=O) groups is 3. The highest BCUT2D eigenvalue weighted by atomic mass is 32.2.